The van der Waals surface area contributed by atoms with Gasteiger partial charge >= 0.3 is 0 Å². The number of hydrogen-bond acceptors (Lipinski definition) is 4. The van der Waals surface area contributed by atoms with Crippen LogP contribution in [0.15, 0.2) is 30.5 Å². The van der Waals surface area contributed by atoms with Crippen LogP contribution in [-0.4, -0.2) is 27.8 Å². The molecule has 1 aromatic heterocycles. The third-order valence-corrected chi connectivity index (χ3v) is 3.32. The lowest BCUT2D eigenvalue weighted by Gasteiger charge is -2.22. The summed E-state index contributed by atoms with van der Waals surface area (Å²) in [4.78, 5) is 4.35. The van der Waals surface area contributed by atoms with Crippen LogP contribution in [-0.2, 0) is 0 Å². The van der Waals surface area contributed by atoms with Crippen molar-refractivity contribution < 1.29 is 10.2 Å². The Morgan fingerprint density at radius 3 is 2.74 bits per heavy atom. The molecule has 0 saturated heterocycles. The number of nitrogens with one attached hydrogen (secondary N) is 1. The highest BCUT2D eigenvalue weighted by atomic mass is 16.3. The van der Waals surface area contributed by atoms with Crippen LogP contribution in [0.25, 0.3) is 10.8 Å². The summed E-state index contributed by atoms with van der Waals surface area (Å²) in [5, 5.41) is 24.0. The average Bonchev–Trinajstić information content (AvgIpc) is 2.38. The van der Waals surface area contributed by atoms with Crippen molar-refractivity contribution in [3.63, 3.8) is 0 Å². The lowest BCUT2D eigenvalue weighted by Crippen LogP contribution is -2.27. The predicted octanol–water partition coefficient (Wildman–Crippen LogP) is 2.76. The molecule has 0 bridgehead atoms. The fourth-order valence-electron chi connectivity index (χ4n) is 2.16. The van der Waals surface area contributed by atoms with E-state index in [1.165, 1.54) is 0 Å². The summed E-state index contributed by atoms with van der Waals surface area (Å²) in [6, 6.07) is 7.32. The fourth-order valence-corrected chi connectivity index (χ4v) is 2.16. The van der Waals surface area contributed by atoms with Crippen molar-refractivity contribution in [2.45, 2.75) is 26.3 Å². The van der Waals surface area contributed by atoms with Crippen molar-refractivity contribution in [1.29, 1.82) is 0 Å². The number of benzene rings is 1. The zero-order chi connectivity index (χ0) is 13.8. The first kappa shape index (κ1) is 13.6. The predicted molar refractivity (Wildman–Crippen MR) is 77.4 cm³/mol. The van der Waals surface area contributed by atoms with Gasteiger partial charge < -0.3 is 15.5 Å². The zero-order valence-corrected chi connectivity index (χ0v) is 11.3. The first-order chi connectivity index (χ1) is 9.11. The Labute approximate surface area is 113 Å². The number of pyridine rings is 1. The van der Waals surface area contributed by atoms with Crippen molar-refractivity contribution in [1.82, 2.24) is 4.98 Å². The van der Waals surface area contributed by atoms with Crippen molar-refractivity contribution in [3.05, 3.63) is 30.5 Å². The second-order valence-electron chi connectivity index (χ2n) is 5.07. The van der Waals surface area contributed by atoms with Gasteiger partial charge in [-0.15, -0.1) is 0 Å². The summed E-state index contributed by atoms with van der Waals surface area (Å²) in [7, 11) is 0. The topological polar surface area (TPSA) is 65.4 Å². The SMILES string of the molecule is CC(C)C(CCO)Nc1nccc2ccc(O)cc12. The van der Waals surface area contributed by atoms with Crippen LogP contribution in [0.4, 0.5) is 5.82 Å². The molecule has 4 heteroatoms. The second kappa shape index (κ2) is 5.89. The van der Waals surface area contributed by atoms with Gasteiger partial charge in [0.05, 0.1) is 0 Å². The molecule has 19 heavy (non-hydrogen) atoms. The Kier molecular flexibility index (Phi) is 4.22. The van der Waals surface area contributed by atoms with E-state index in [9.17, 15) is 5.11 Å². The van der Waals surface area contributed by atoms with Gasteiger partial charge in [0.15, 0.2) is 0 Å². The summed E-state index contributed by atoms with van der Waals surface area (Å²) < 4.78 is 0. The van der Waals surface area contributed by atoms with Gasteiger partial charge in [0.2, 0.25) is 0 Å². The Hall–Kier alpha value is -1.81. The van der Waals surface area contributed by atoms with Gasteiger partial charge in [-0.1, -0.05) is 19.9 Å². The van der Waals surface area contributed by atoms with E-state index < -0.39 is 0 Å². The van der Waals surface area contributed by atoms with E-state index in [2.05, 4.69) is 24.1 Å². The molecule has 0 fully saturated rings. The molecule has 0 saturated carbocycles. The molecular weight excluding hydrogens is 240 g/mol. The maximum atomic E-state index is 9.61. The fraction of sp³-hybridized carbons (Fsp3) is 0.400. The summed E-state index contributed by atoms with van der Waals surface area (Å²) >= 11 is 0. The number of nitrogens with zero attached hydrogens (tertiary/aromatic N) is 1. The van der Waals surface area contributed by atoms with E-state index in [-0.39, 0.29) is 18.4 Å². The molecule has 1 aromatic carbocycles. The smallest absolute Gasteiger partial charge is 0.134 e. The normalized spacial score (nSPS) is 12.8. The third kappa shape index (κ3) is 3.15. The zero-order valence-electron chi connectivity index (χ0n) is 11.3. The molecule has 2 rings (SSSR count). The van der Waals surface area contributed by atoms with E-state index in [4.69, 9.17) is 5.11 Å². The summed E-state index contributed by atoms with van der Waals surface area (Å²) in [6.07, 6.45) is 2.42. The molecule has 1 heterocycles. The van der Waals surface area contributed by atoms with Crippen molar-refractivity contribution in [3.8, 4) is 5.75 Å². The standard InChI is InChI=1S/C15H20N2O2/c1-10(2)14(6-8-18)17-15-13-9-12(19)4-3-11(13)5-7-16-15/h3-5,7,9-10,14,18-19H,6,8H2,1-2H3,(H,16,17). The Morgan fingerprint density at radius 1 is 1.26 bits per heavy atom. The summed E-state index contributed by atoms with van der Waals surface area (Å²) in [5.41, 5.74) is 0. The number of phenolic OH excluding ortho intramolecular Hbond substituents is 1. The lowest BCUT2D eigenvalue weighted by molar-refractivity contribution is 0.267. The van der Waals surface area contributed by atoms with Gasteiger partial charge in [-0.05, 0) is 35.9 Å². The molecule has 0 amide bonds. The number of anilines is 1. The molecule has 0 radical (unpaired) electrons. The summed E-state index contributed by atoms with van der Waals surface area (Å²) in [5.74, 6) is 1.37. The minimum atomic E-state index is 0.145. The van der Waals surface area contributed by atoms with Crippen LogP contribution in [0.1, 0.15) is 20.3 Å². The van der Waals surface area contributed by atoms with Crippen molar-refractivity contribution >= 4 is 16.6 Å². The number of aliphatic hydroxyl groups is 1. The lowest BCUT2D eigenvalue weighted by atomic mass is 10.0. The summed E-state index contributed by atoms with van der Waals surface area (Å²) in [6.45, 7) is 4.36. The van der Waals surface area contributed by atoms with Crippen LogP contribution in [0.3, 0.4) is 0 Å². The van der Waals surface area contributed by atoms with Gasteiger partial charge in [0.25, 0.3) is 0 Å². The van der Waals surface area contributed by atoms with E-state index in [1.54, 1.807) is 18.3 Å². The number of rotatable bonds is 5. The number of aromatic nitrogens is 1. The molecule has 0 spiro atoms. The number of aromatic hydroxyl groups is 1. The highest BCUT2D eigenvalue weighted by molar-refractivity contribution is 5.92. The molecule has 3 N–H and O–H groups in total. The Balaban J connectivity index is 2.36. The van der Waals surface area contributed by atoms with Crippen LogP contribution in [0.2, 0.25) is 0 Å². The van der Waals surface area contributed by atoms with Crippen molar-refractivity contribution in [2.75, 3.05) is 11.9 Å². The molecule has 102 valence electrons. The van der Waals surface area contributed by atoms with E-state index >= 15 is 0 Å². The first-order valence-corrected chi connectivity index (χ1v) is 6.57. The molecule has 1 unspecified atom stereocenters. The monoisotopic (exact) mass is 260 g/mol. The molecule has 1 atom stereocenters. The third-order valence-electron chi connectivity index (χ3n) is 3.32. The minimum absolute atomic E-state index is 0.145. The van der Waals surface area contributed by atoms with Crippen LogP contribution in [0, 0.1) is 5.92 Å². The Bertz CT molecular complexity index is 555. The number of aliphatic hydroxyl groups excluding tert-OH is 1. The number of phenols is 1. The van der Waals surface area contributed by atoms with Gasteiger partial charge in [0.1, 0.15) is 11.6 Å². The molecule has 0 aliphatic rings. The first-order valence-electron chi connectivity index (χ1n) is 6.57. The molecule has 0 aliphatic heterocycles. The highest BCUT2D eigenvalue weighted by Crippen LogP contribution is 2.26. The van der Waals surface area contributed by atoms with Gasteiger partial charge in [-0.25, -0.2) is 4.98 Å². The van der Waals surface area contributed by atoms with Crippen LogP contribution in [0.5, 0.6) is 5.75 Å². The van der Waals surface area contributed by atoms with Crippen LogP contribution >= 0.6 is 0 Å². The minimum Gasteiger partial charge on any atom is -0.508 e. The van der Waals surface area contributed by atoms with Gasteiger partial charge in [-0.3, -0.25) is 0 Å². The van der Waals surface area contributed by atoms with Gasteiger partial charge in [0, 0.05) is 24.2 Å². The highest BCUT2D eigenvalue weighted by Gasteiger charge is 2.14. The molecular formula is C15H20N2O2. The van der Waals surface area contributed by atoms with E-state index in [1.807, 2.05) is 12.1 Å². The average molecular weight is 260 g/mol. The van der Waals surface area contributed by atoms with E-state index in [0.29, 0.717) is 12.3 Å². The number of fused-ring (bicyclic) bond motifs is 1. The largest absolute Gasteiger partial charge is 0.508 e. The maximum Gasteiger partial charge on any atom is 0.134 e. The van der Waals surface area contributed by atoms with Gasteiger partial charge in [-0.2, -0.15) is 0 Å². The maximum absolute atomic E-state index is 9.61. The molecule has 2 aromatic rings. The Morgan fingerprint density at radius 2 is 2.05 bits per heavy atom. The van der Waals surface area contributed by atoms with Crippen LogP contribution < -0.4 is 5.32 Å². The molecule has 0 aliphatic carbocycles. The second-order valence-corrected chi connectivity index (χ2v) is 5.07. The van der Waals surface area contributed by atoms with Crippen molar-refractivity contribution in [2.24, 2.45) is 5.92 Å². The number of hydrogen-bond donors (Lipinski definition) is 3. The quantitative estimate of drug-likeness (QED) is 0.773. The molecule has 4 nitrogen and oxygen atoms in total. The van der Waals surface area contributed by atoms with E-state index in [0.717, 1.165) is 16.6 Å².